The molecule has 1 saturated heterocycles. The van der Waals surface area contributed by atoms with Crippen molar-refractivity contribution in [2.24, 2.45) is 5.92 Å². The van der Waals surface area contributed by atoms with Gasteiger partial charge >= 0.3 is 5.97 Å². The molecule has 0 aliphatic carbocycles. The SMILES string of the molecule is CCCC(CCC)N(C(=O)CN1C[C@H](c2ccc3c(c2)CCO3)C(C(=O)O)[C@@H]1CCn1ccccc1=O)c1ccc(F)c(C)c1. The van der Waals surface area contributed by atoms with Crippen LogP contribution >= 0.6 is 0 Å². The third-order valence-corrected chi connectivity index (χ3v) is 9.38. The van der Waals surface area contributed by atoms with Gasteiger partial charge in [-0.15, -0.1) is 0 Å². The molecular formula is C36H44FN3O5. The van der Waals surface area contributed by atoms with Crippen LogP contribution < -0.4 is 15.2 Å². The monoisotopic (exact) mass is 617 g/mol. The summed E-state index contributed by atoms with van der Waals surface area (Å²) in [7, 11) is 0. The molecular weight excluding hydrogens is 573 g/mol. The van der Waals surface area contributed by atoms with E-state index in [0.717, 1.165) is 49.0 Å². The molecule has 240 valence electrons. The van der Waals surface area contributed by atoms with E-state index < -0.39 is 17.9 Å². The van der Waals surface area contributed by atoms with Gasteiger partial charge in [0.15, 0.2) is 0 Å². The Morgan fingerprint density at radius 1 is 1.09 bits per heavy atom. The van der Waals surface area contributed by atoms with Gasteiger partial charge in [-0.25, -0.2) is 4.39 Å². The zero-order valence-corrected chi connectivity index (χ0v) is 26.5. The molecule has 1 fully saturated rings. The molecule has 3 aromatic rings. The summed E-state index contributed by atoms with van der Waals surface area (Å²) in [4.78, 5) is 43.7. The Morgan fingerprint density at radius 3 is 2.56 bits per heavy atom. The van der Waals surface area contributed by atoms with Crippen molar-refractivity contribution in [2.45, 2.75) is 83.8 Å². The van der Waals surface area contributed by atoms with Gasteiger partial charge in [-0.2, -0.15) is 0 Å². The molecule has 9 heteroatoms. The van der Waals surface area contributed by atoms with Gasteiger partial charge in [-0.3, -0.25) is 19.3 Å². The van der Waals surface area contributed by atoms with Crippen molar-refractivity contribution in [1.82, 2.24) is 9.47 Å². The van der Waals surface area contributed by atoms with Gasteiger partial charge in [0.05, 0.1) is 19.1 Å². The molecule has 1 amide bonds. The van der Waals surface area contributed by atoms with E-state index in [1.807, 2.05) is 21.9 Å². The van der Waals surface area contributed by atoms with Crippen molar-refractivity contribution in [3.8, 4) is 5.75 Å². The number of likely N-dealkylation sites (tertiary alicyclic amines) is 1. The molecule has 2 aromatic carbocycles. The van der Waals surface area contributed by atoms with Gasteiger partial charge in [-0.05, 0) is 73.2 Å². The van der Waals surface area contributed by atoms with Gasteiger partial charge in [0.1, 0.15) is 11.6 Å². The van der Waals surface area contributed by atoms with E-state index in [1.165, 1.54) is 12.1 Å². The van der Waals surface area contributed by atoms with Crippen LogP contribution in [0.2, 0.25) is 0 Å². The molecule has 2 aliphatic rings. The number of ether oxygens (including phenoxy) is 1. The number of fused-ring (bicyclic) bond motifs is 1. The fraction of sp³-hybridized carbons (Fsp3) is 0.472. The van der Waals surface area contributed by atoms with Crippen molar-refractivity contribution < 1.29 is 23.8 Å². The van der Waals surface area contributed by atoms with Crippen LogP contribution in [0, 0.1) is 18.7 Å². The Hall–Kier alpha value is -3.98. The lowest BCUT2D eigenvalue weighted by Crippen LogP contribution is -2.48. The van der Waals surface area contributed by atoms with E-state index in [9.17, 15) is 23.9 Å². The van der Waals surface area contributed by atoms with Gasteiger partial charge in [0.25, 0.3) is 0 Å². The van der Waals surface area contributed by atoms with Crippen LogP contribution in [0.5, 0.6) is 5.75 Å². The number of nitrogens with zero attached hydrogens (tertiary/aromatic N) is 3. The van der Waals surface area contributed by atoms with Crippen molar-refractivity contribution in [2.75, 3.05) is 24.6 Å². The summed E-state index contributed by atoms with van der Waals surface area (Å²) in [5.74, 6) is -1.67. The van der Waals surface area contributed by atoms with Crippen LogP contribution in [0.25, 0.3) is 0 Å². The number of pyridine rings is 1. The van der Waals surface area contributed by atoms with Crippen LogP contribution in [0.4, 0.5) is 10.1 Å². The van der Waals surface area contributed by atoms with Crippen LogP contribution in [0.3, 0.4) is 0 Å². The number of amides is 1. The predicted octanol–water partition coefficient (Wildman–Crippen LogP) is 5.79. The highest BCUT2D eigenvalue weighted by molar-refractivity contribution is 5.95. The molecule has 8 nitrogen and oxygen atoms in total. The Morgan fingerprint density at radius 2 is 1.87 bits per heavy atom. The largest absolute Gasteiger partial charge is 0.493 e. The number of hydrogen-bond acceptors (Lipinski definition) is 5. The Kier molecular flexibility index (Phi) is 10.4. The third-order valence-electron chi connectivity index (χ3n) is 9.38. The highest BCUT2D eigenvalue weighted by Gasteiger charge is 2.47. The van der Waals surface area contributed by atoms with E-state index in [2.05, 4.69) is 19.9 Å². The number of aliphatic carboxylic acids is 1. The quantitative estimate of drug-likeness (QED) is 0.261. The first-order valence-electron chi connectivity index (χ1n) is 16.2. The van der Waals surface area contributed by atoms with Crippen LogP contribution in [0.15, 0.2) is 65.6 Å². The Bertz CT molecular complexity index is 1570. The number of carbonyl (C=O) groups is 2. The summed E-state index contributed by atoms with van der Waals surface area (Å²) in [6.45, 7) is 7.22. The fourth-order valence-electron chi connectivity index (χ4n) is 7.20. The summed E-state index contributed by atoms with van der Waals surface area (Å²) in [5.41, 5.74) is 2.96. The third kappa shape index (κ3) is 7.14. The van der Waals surface area contributed by atoms with Gasteiger partial charge in [0, 0.05) is 55.5 Å². The lowest BCUT2D eigenvalue weighted by molar-refractivity contribution is -0.143. The number of aromatic nitrogens is 1. The molecule has 0 saturated carbocycles. The molecule has 1 N–H and O–H groups in total. The summed E-state index contributed by atoms with van der Waals surface area (Å²) >= 11 is 0. The standard InChI is InChI=1S/C36H44FN3O5/c1-4-8-27(9-5-2)40(28-12-13-30(37)24(3)20-28)34(42)23-39-22-29(25-11-14-32-26(21-25)16-19-45-32)35(36(43)44)31(39)15-18-38-17-7-6-10-33(38)41/h6-7,10-14,17,20-21,27,29,31,35H,4-5,8-9,15-16,18-19,22-23H2,1-3H3,(H,43,44)/t29-,31+,35?/m1/s1. The number of halogens is 1. The van der Waals surface area contributed by atoms with E-state index in [1.54, 1.807) is 42.0 Å². The number of benzene rings is 2. The first-order chi connectivity index (χ1) is 21.7. The maximum atomic E-state index is 14.4. The van der Waals surface area contributed by atoms with Crippen molar-refractivity contribution >= 4 is 17.6 Å². The number of hydrogen-bond donors (Lipinski definition) is 1. The number of carboxylic acids is 1. The second-order valence-corrected chi connectivity index (χ2v) is 12.4. The number of carboxylic acid groups (broad SMARTS) is 1. The lowest BCUT2D eigenvalue weighted by Gasteiger charge is -2.35. The zero-order chi connectivity index (χ0) is 32.1. The summed E-state index contributed by atoms with van der Waals surface area (Å²) in [6.07, 6.45) is 6.25. The minimum Gasteiger partial charge on any atom is -0.493 e. The van der Waals surface area contributed by atoms with Crippen LogP contribution in [-0.2, 0) is 22.6 Å². The molecule has 1 unspecified atom stereocenters. The zero-order valence-electron chi connectivity index (χ0n) is 26.5. The average Bonchev–Trinajstić information content (AvgIpc) is 3.63. The highest BCUT2D eigenvalue weighted by atomic mass is 19.1. The Balaban J connectivity index is 1.50. The number of rotatable bonds is 13. The van der Waals surface area contributed by atoms with Crippen molar-refractivity contribution in [1.29, 1.82) is 0 Å². The Labute approximate surface area is 264 Å². The van der Waals surface area contributed by atoms with Gasteiger partial charge < -0.3 is 19.3 Å². The molecule has 2 aliphatic heterocycles. The number of carbonyl (C=O) groups excluding carboxylic acids is 1. The van der Waals surface area contributed by atoms with Crippen molar-refractivity contribution in [3.63, 3.8) is 0 Å². The molecule has 1 aromatic heterocycles. The van der Waals surface area contributed by atoms with Gasteiger partial charge in [0.2, 0.25) is 11.5 Å². The highest BCUT2D eigenvalue weighted by Crippen LogP contribution is 2.41. The second kappa shape index (κ2) is 14.4. The maximum absolute atomic E-state index is 14.4. The van der Waals surface area contributed by atoms with E-state index in [-0.39, 0.29) is 35.8 Å². The first kappa shape index (κ1) is 32.4. The predicted molar refractivity (Wildman–Crippen MR) is 172 cm³/mol. The van der Waals surface area contributed by atoms with Crippen LogP contribution in [0.1, 0.15) is 68.6 Å². The van der Waals surface area contributed by atoms with Gasteiger partial charge in [-0.1, -0.05) is 44.9 Å². The number of anilines is 1. The summed E-state index contributed by atoms with van der Waals surface area (Å²) < 4.78 is 21.6. The molecule has 0 radical (unpaired) electrons. The normalized spacial score (nSPS) is 19.4. The molecule has 0 spiro atoms. The first-order valence-corrected chi connectivity index (χ1v) is 16.2. The molecule has 3 atom stereocenters. The topological polar surface area (TPSA) is 92.1 Å². The maximum Gasteiger partial charge on any atom is 0.308 e. The fourth-order valence-corrected chi connectivity index (χ4v) is 7.20. The second-order valence-electron chi connectivity index (χ2n) is 12.4. The average molecular weight is 618 g/mol. The van der Waals surface area contributed by atoms with E-state index in [0.29, 0.717) is 37.4 Å². The molecule has 0 bridgehead atoms. The van der Waals surface area contributed by atoms with E-state index >= 15 is 0 Å². The van der Waals surface area contributed by atoms with E-state index in [4.69, 9.17) is 4.74 Å². The molecule has 5 rings (SSSR count). The molecule has 45 heavy (non-hydrogen) atoms. The minimum atomic E-state index is -0.919. The lowest BCUT2D eigenvalue weighted by atomic mass is 9.83. The molecule has 3 heterocycles. The van der Waals surface area contributed by atoms with Crippen LogP contribution in [-0.4, -0.2) is 58.2 Å². The number of aryl methyl sites for hydroxylation is 2. The smallest absolute Gasteiger partial charge is 0.308 e. The summed E-state index contributed by atoms with van der Waals surface area (Å²) in [5, 5.41) is 10.6. The van der Waals surface area contributed by atoms with Crippen molar-refractivity contribution in [3.05, 3.63) is 93.7 Å². The summed E-state index contributed by atoms with van der Waals surface area (Å²) in [6, 6.07) is 15.1. The minimum absolute atomic E-state index is 0.0169.